The van der Waals surface area contributed by atoms with Crippen LogP contribution in [0, 0.1) is 0 Å². The van der Waals surface area contributed by atoms with Crippen LogP contribution in [0.15, 0.2) is 0 Å². The molecule has 0 aliphatic carbocycles. The summed E-state index contributed by atoms with van der Waals surface area (Å²) in [5.41, 5.74) is 0. The number of rotatable bonds is 5. The number of carbonyl (C=O) groups excluding carboxylic acids is 1. The topological polar surface area (TPSA) is 72.5 Å². The number of hydrogen-bond acceptors (Lipinski definition) is 7. The molecule has 0 unspecified atom stereocenters. The fraction of sp³-hybridized carbons (Fsp3) is 0.941. The SMILES string of the molecule is CCOC(=O)O[C@@H]1[C@H]2OC(C)(C)O[C@H]2O[C@@H]1CO[Si](C)(C)C(C)(C)C. The van der Waals surface area contributed by atoms with E-state index in [0.717, 1.165) is 0 Å². The Morgan fingerprint density at radius 3 is 2.40 bits per heavy atom. The van der Waals surface area contributed by atoms with Crippen LogP contribution in [0.3, 0.4) is 0 Å². The second-order valence-corrected chi connectivity index (χ2v) is 13.3. The summed E-state index contributed by atoms with van der Waals surface area (Å²) in [6.45, 7) is 16.7. The molecule has 2 aliphatic rings. The highest BCUT2D eigenvalue weighted by molar-refractivity contribution is 6.74. The molecule has 0 aromatic carbocycles. The summed E-state index contributed by atoms with van der Waals surface area (Å²) in [6, 6.07) is 0. The summed E-state index contributed by atoms with van der Waals surface area (Å²) in [6.07, 6.45) is -2.89. The predicted molar refractivity (Wildman–Crippen MR) is 93.7 cm³/mol. The fourth-order valence-electron chi connectivity index (χ4n) is 2.59. The summed E-state index contributed by atoms with van der Waals surface area (Å²) in [5, 5.41) is 0.0773. The van der Waals surface area contributed by atoms with Crippen molar-refractivity contribution < 1.29 is 32.9 Å². The van der Waals surface area contributed by atoms with Gasteiger partial charge in [-0.05, 0) is 38.9 Å². The Morgan fingerprint density at radius 2 is 1.84 bits per heavy atom. The lowest BCUT2D eigenvalue weighted by atomic mass is 10.1. The van der Waals surface area contributed by atoms with Gasteiger partial charge in [0.1, 0.15) is 6.10 Å². The first kappa shape index (κ1) is 20.6. The van der Waals surface area contributed by atoms with Crippen LogP contribution < -0.4 is 0 Å². The molecule has 2 rings (SSSR count). The molecule has 7 nitrogen and oxygen atoms in total. The Labute approximate surface area is 151 Å². The van der Waals surface area contributed by atoms with E-state index in [1.54, 1.807) is 20.8 Å². The smallest absolute Gasteiger partial charge is 0.435 e. The molecule has 146 valence electrons. The summed E-state index contributed by atoms with van der Waals surface area (Å²) in [5.74, 6) is -0.781. The van der Waals surface area contributed by atoms with Crippen molar-refractivity contribution in [1.29, 1.82) is 0 Å². The van der Waals surface area contributed by atoms with E-state index in [2.05, 4.69) is 33.9 Å². The molecule has 2 saturated heterocycles. The number of hydrogen-bond donors (Lipinski definition) is 0. The average Bonchev–Trinajstić information content (AvgIpc) is 2.89. The van der Waals surface area contributed by atoms with Crippen LogP contribution in [-0.4, -0.2) is 58.1 Å². The van der Waals surface area contributed by atoms with Crippen molar-refractivity contribution in [3.8, 4) is 0 Å². The van der Waals surface area contributed by atoms with Crippen molar-refractivity contribution >= 4 is 14.5 Å². The van der Waals surface area contributed by atoms with Gasteiger partial charge >= 0.3 is 6.16 Å². The first-order valence-corrected chi connectivity index (χ1v) is 11.8. The van der Waals surface area contributed by atoms with E-state index < -0.39 is 44.9 Å². The molecule has 0 aromatic rings. The third kappa shape index (κ3) is 4.74. The van der Waals surface area contributed by atoms with E-state index in [1.165, 1.54) is 0 Å². The van der Waals surface area contributed by atoms with Gasteiger partial charge in [0, 0.05) is 0 Å². The Balaban J connectivity index is 2.07. The molecule has 0 N–H and O–H groups in total. The Kier molecular flexibility index (Phi) is 5.90. The van der Waals surface area contributed by atoms with Crippen molar-refractivity contribution in [3.05, 3.63) is 0 Å². The minimum absolute atomic E-state index is 0.0773. The Bertz CT molecular complexity index is 486. The maximum atomic E-state index is 11.8. The van der Waals surface area contributed by atoms with Gasteiger partial charge in [0.15, 0.2) is 32.6 Å². The van der Waals surface area contributed by atoms with E-state index in [9.17, 15) is 4.79 Å². The van der Waals surface area contributed by atoms with Gasteiger partial charge in [-0.3, -0.25) is 0 Å². The van der Waals surface area contributed by atoms with Crippen LogP contribution in [0.4, 0.5) is 4.79 Å². The lowest BCUT2D eigenvalue weighted by Crippen LogP contribution is -2.46. The summed E-state index contributed by atoms with van der Waals surface area (Å²) < 4.78 is 34.2. The van der Waals surface area contributed by atoms with Crippen molar-refractivity contribution in [1.82, 2.24) is 0 Å². The lowest BCUT2D eigenvalue weighted by molar-refractivity contribution is -0.218. The summed E-state index contributed by atoms with van der Waals surface area (Å²) in [7, 11) is -1.96. The first-order chi connectivity index (χ1) is 11.4. The standard InChI is InChI=1S/C17H32O7Si/c1-9-19-15(18)22-12-11(10-20-25(7,8)16(2,3)4)21-14-13(12)23-17(5,6)24-14/h11-14H,9-10H2,1-8H3/t11-,12+,13-,14-/m1/s1. The van der Waals surface area contributed by atoms with Crippen LogP contribution in [-0.2, 0) is 28.1 Å². The van der Waals surface area contributed by atoms with E-state index in [4.69, 9.17) is 28.1 Å². The first-order valence-electron chi connectivity index (χ1n) is 8.85. The minimum atomic E-state index is -1.96. The maximum Gasteiger partial charge on any atom is 0.508 e. The monoisotopic (exact) mass is 376 g/mol. The van der Waals surface area contributed by atoms with Crippen molar-refractivity contribution in [2.75, 3.05) is 13.2 Å². The van der Waals surface area contributed by atoms with Gasteiger partial charge in [-0.15, -0.1) is 0 Å². The second kappa shape index (κ2) is 7.15. The predicted octanol–water partition coefficient (Wildman–Crippen LogP) is 3.43. The fourth-order valence-corrected chi connectivity index (χ4v) is 3.61. The van der Waals surface area contributed by atoms with Crippen molar-refractivity contribution in [3.63, 3.8) is 0 Å². The van der Waals surface area contributed by atoms with Gasteiger partial charge in [-0.1, -0.05) is 20.8 Å². The normalized spacial score (nSPS) is 31.7. The minimum Gasteiger partial charge on any atom is -0.435 e. The summed E-state index contributed by atoms with van der Waals surface area (Å²) in [4.78, 5) is 11.8. The third-order valence-electron chi connectivity index (χ3n) is 5.00. The van der Waals surface area contributed by atoms with Gasteiger partial charge in [0.05, 0.1) is 13.2 Å². The molecule has 0 saturated carbocycles. The second-order valence-electron chi connectivity index (χ2n) is 8.48. The highest BCUT2D eigenvalue weighted by atomic mass is 28.4. The molecule has 25 heavy (non-hydrogen) atoms. The van der Waals surface area contributed by atoms with Gasteiger partial charge in [-0.25, -0.2) is 4.79 Å². The molecule has 0 aromatic heterocycles. The zero-order valence-electron chi connectivity index (χ0n) is 16.6. The van der Waals surface area contributed by atoms with Gasteiger partial charge in [0.2, 0.25) is 0 Å². The number of carbonyl (C=O) groups is 1. The highest BCUT2D eigenvalue weighted by Gasteiger charge is 2.57. The zero-order valence-corrected chi connectivity index (χ0v) is 17.6. The van der Waals surface area contributed by atoms with Crippen molar-refractivity contribution in [2.24, 2.45) is 0 Å². The average molecular weight is 377 g/mol. The number of ether oxygens (including phenoxy) is 5. The molecule has 2 heterocycles. The van der Waals surface area contributed by atoms with E-state index >= 15 is 0 Å². The van der Waals surface area contributed by atoms with Gasteiger partial charge < -0.3 is 28.1 Å². The molecule has 0 amide bonds. The van der Waals surface area contributed by atoms with Crippen LogP contribution in [0.2, 0.25) is 18.1 Å². The van der Waals surface area contributed by atoms with Crippen LogP contribution >= 0.6 is 0 Å². The van der Waals surface area contributed by atoms with Crippen molar-refractivity contribution in [2.45, 2.75) is 90.1 Å². The quantitative estimate of drug-likeness (QED) is 0.537. The third-order valence-corrected chi connectivity index (χ3v) is 9.50. The van der Waals surface area contributed by atoms with Gasteiger partial charge in [0.25, 0.3) is 0 Å². The molecule has 2 aliphatic heterocycles. The lowest BCUT2D eigenvalue weighted by Gasteiger charge is -2.37. The van der Waals surface area contributed by atoms with Gasteiger partial charge in [-0.2, -0.15) is 0 Å². The van der Waals surface area contributed by atoms with Crippen LogP contribution in [0.25, 0.3) is 0 Å². The van der Waals surface area contributed by atoms with Crippen LogP contribution in [0.1, 0.15) is 41.5 Å². The molecule has 0 bridgehead atoms. The molecule has 4 atom stereocenters. The Morgan fingerprint density at radius 1 is 1.20 bits per heavy atom. The molecule has 0 radical (unpaired) electrons. The molecular weight excluding hydrogens is 344 g/mol. The zero-order chi connectivity index (χ0) is 19.0. The number of fused-ring (bicyclic) bond motifs is 1. The highest BCUT2D eigenvalue weighted by Crippen LogP contribution is 2.41. The summed E-state index contributed by atoms with van der Waals surface area (Å²) >= 11 is 0. The van der Waals surface area contributed by atoms with E-state index in [-0.39, 0.29) is 11.6 Å². The van der Waals surface area contributed by atoms with E-state index in [1.807, 2.05) is 0 Å². The largest absolute Gasteiger partial charge is 0.508 e. The molecule has 0 spiro atoms. The Hall–Kier alpha value is -0.673. The molecule has 2 fully saturated rings. The van der Waals surface area contributed by atoms with E-state index in [0.29, 0.717) is 6.61 Å². The molecular formula is C17H32O7Si. The maximum absolute atomic E-state index is 11.8. The molecule has 8 heteroatoms. The van der Waals surface area contributed by atoms with Crippen LogP contribution in [0.5, 0.6) is 0 Å².